The van der Waals surface area contributed by atoms with E-state index < -0.39 is 12.1 Å². The maximum atomic E-state index is 12.2. The molecular weight excluding hydrogens is 460 g/mol. The molecule has 1 aliphatic carbocycles. The van der Waals surface area contributed by atoms with Gasteiger partial charge in [0.05, 0.1) is 23.8 Å². The van der Waals surface area contributed by atoms with Gasteiger partial charge in [-0.2, -0.15) is 0 Å². The van der Waals surface area contributed by atoms with Crippen LogP contribution in [0.1, 0.15) is 19.8 Å². The number of nitrogens with zero attached hydrogens (tertiary/aromatic N) is 2. The van der Waals surface area contributed by atoms with Crippen LogP contribution in [-0.4, -0.2) is 33.5 Å². The van der Waals surface area contributed by atoms with Crippen molar-refractivity contribution in [2.45, 2.75) is 25.9 Å². The molecule has 0 saturated carbocycles. The van der Waals surface area contributed by atoms with Gasteiger partial charge in [-0.05, 0) is 55.0 Å². The number of allylic oxidation sites excluding steroid dienone is 3. The maximum Gasteiger partial charge on any atom is 0.347 e. The quantitative estimate of drug-likeness (QED) is 0.288. The largest absolute Gasteiger partial charge is 0.479 e. The summed E-state index contributed by atoms with van der Waals surface area (Å²) in [4.78, 5) is 21.9. The molecule has 2 aromatic carbocycles. The highest BCUT2D eigenvalue weighted by molar-refractivity contribution is 7.80. The molecule has 168 valence electrons. The molecule has 0 saturated heterocycles. The minimum absolute atomic E-state index is 0.262. The van der Waals surface area contributed by atoms with Gasteiger partial charge < -0.3 is 14.2 Å². The van der Waals surface area contributed by atoms with E-state index in [0.29, 0.717) is 39.9 Å². The summed E-state index contributed by atoms with van der Waals surface area (Å²) in [5.74, 6) is 1.01. The van der Waals surface area contributed by atoms with Crippen LogP contribution in [0.3, 0.4) is 0 Å². The molecule has 1 atom stereocenters. The number of fused-ring (bicyclic) bond motifs is 1. The first-order valence-electron chi connectivity index (χ1n) is 10.4. The lowest BCUT2D eigenvalue weighted by atomic mass is 10.0. The molecule has 0 fully saturated rings. The summed E-state index contributed by atoms with van der Waals surface area (Å²) in [5.41, 5.74) is 2.40. The van der Waals surface area contributed by atoms with Gasteiger partial charge in [0, 0.05) is 22.7 Å². The Kier molecular flexibility index (Phi) is 7.32. The van der Waals surface area contributed by atoms with E-state index >= 15 is 0 Å². The first-order chi connectivity index (χ1) is 16.0. The van der Waals surface area contributed by atoms with Crippen molar-refractivity contribution in [3.8, 4) is 17.4 Å². The standard InChI is InChI=1S/C25H21ClN2O4S/c1-16(25(29)30-13-12-17-4-2-3-5-23(17)33)31-19-7-9-20(10-8-19)32-24-15-27-22-14-18(26)6-11-21(22)28-24/h2-4,6-11,14-16H,5,12-13H2,1H3. The molecule has 1 aliphatic rings. The van der Waals surface area contributed by atoms with E-state index in [4.69, 9.17) is 38.0 Å². The SMILES string of the molecule is CC(Oc1ccc(Oc2cnc3cc(Cl)ccc3n2)cc1)C(=O)OCCC1=CC=CCC1=S. The second kappa shape index (κ2) is 10.6. The zero-order chi connectivity index (χ0) is 23.2. The Morgan fingerprint density at radius 2 is 1.94 bits per heavy atom. The number of carbonyl (C=O) groups is 1. The molecule has 3 aromatic rings. The molecule has 0 amide bonds. The summed E-state index contributed by atoms with van der Waals surface area (Å²) in [6.45, 7) is 1.91. The van der Waals surface area contributed by atoms with Gasteiger partial charge in [0.25, 0.3) is 0 Å². The fourth-order valence-electron chi connectivity index (χ4n) is 3.16. The third-order valence-corrected chi connectivity index (χ3v) is 5.55. The summed E-state index contributed by atoms with van der Waals surface area (Å²) >= 11 is 11.3. The Labute approximate surface area is 201 Å². The molecule has 1 heterocycles. The lowest BCUT2D eigenvalue weighted by molar-refractivity contribution is -0.150. The maximum absolute atomic E-state index is 12.2. The minimum atomic E-state index is -0.748. The van der Waals surface area contributed by atoms with Gasteiger partial charge in [-0.3, -0.25) is 0 Å². The molecule has 33 heavy (non-hydrogen) atoms. The Morgan fingerprint density at radius 3 is 2.73 bits per heavy atom. The Bertz CT molecular complexity index is 1240. The van der Waals surface area contributed by atoms with Crippen LogP contribution in [0.5, 0.6) is 17.4 Å². The summed E-state index contributed by atoms with van der Waals surface area (Å²) in [5, 5.41) is 0.599. The average molecular weight is 481 g/mol. The van der Waals surface area contributed by atoms with Crippen LogP contribution >= 0.6 is 23.8 Å². The van der Waals surface area contributed by atoms with E-state index in [2.05, 4.69) is 9.97 Å². The van der Waals surface area contributed by atoms with Crippen molar-refractivity contribution in [2.75, 3.05) is 6.61 Å². The van der Waals surface area contributed by atoms with Gasteiger partial charge in [-0.1, -0.05) is 42.0 Å². The number of thiocarbonyl (C=S) groups is 1. The third kappa shape index (κ3) is 6.15. The summed E-state index contributed by atoms with van der Waals surface area (Å²) in [6.07, 6.45) is 8.08. The van der Waals surface area contributed by atoms with Crippen LogP contribution < -0.4 is 9.47 Å². The first kappa shape index (κ1) is 22.9. The number of hydrogen-bond donors (Lipinski definition) is 0. The molecule has 0 radical (unpaired) electrons. The van der Waals surface area contributed by atoms with Gasteiger partial charge >= 0.3 is 5.97 Å². The molecule has 0 aliphatic heterocycles. The number of rotatable bonds is 8. The number of hydrogen-bond acceptors (Lipinski definition) is 7. The molecule has 4 rings (SSSR count). The second-order valence-electron chi connectivity index (χ2n) is 7.34. The van der Waals surface area contributed by atoms with Crippen LogP contribution in [0.25, 0.3) is 11.0 Å². The van der Waals surface area contributed by atoms with E-state index in [1.54, 1.807) is 49.4 Å². The van der Waals surface area contributed by atoms with Gasteiger partial charge in [-0.25, -0.2) is 14.8 Å². The van der Waals surface area contributed by atoms with Crippen molar-refractivity contribution in [3.63, 3.8) is 0 Å². The molecule has 0 N–H and O–H groups in total. The zero-order valence-electron chi connectivity index (χ0n) is 17.9. The predicted octanol–water partition coefficient (Wildman–Crippen LogP) is 6.03. The van der Waals surface area contributed by atoms with Gasteiger partial charge in [-0.15, -0.1) is 0 Å². The van der Waals surface area contributed by atoms with E-state index in [0.717, 1.165) is 16.9 Å². The fourth-order valence-corrected chi connectivity index (χ4v) is 3.59. The molecule has 1 unspecified atom stereocenters. The van der Waals surface area contributed by atoms with Gasteiger partial charge in [0.15, 0.2) is 6.10 Å². The number of benzene rings is 2. The molecule has 8 heteroatoms. The highest BCUT2D eigenvalue weighted by Gasteiger charge is 2.17. The van der Waals surface area contributed by atoms with E-state index in [-0.39, 0.29) is 6.61 Å². The number of carbonyl (C=O) groups excluding carboxylic acids is 1. The number of halogens is 1. The van der Waals surface area contributed by atoms with Crippen LogP contribution in [0, 0.1) is 0 Å². The van der Waals surface area contributed by atoms with Crippen molar-refractivity contribution in [1.82, 2.24) is 9.97 Å². The summed E-state index contributed by atoms with van der Waals surface area (Å²) < 4.78 is 16.8. The topological polar surface area (TPSA) is 70.5 Å². The van der Waals surface area contributed by atoms with Crippen LogP contribution in [-0.2, 0) is 9.53 Å². The van der Waals surface area contributed by atoms with E-state index in [1.807, 2.05) is 18.2 Å². The molecule has 1 aromatic heterocycles. The molecule has 0 spiro atoms. The summed E-state index contributed by atoms with van der Waals surface area (Å²) in [6, 6.07) is 12.2. The van der Waals surface area contributed by atoms with E-state index in [9.17, 15) is 4.79 Å². The molecular formula is C25H21ClN2O4S. The lowest BCUT2D eigenvalue weighted by Crippen LogP contribution is -2.26. The van der Waals surface area contributed by atoms with Gasteiger partial charge in [0.1, 0.15) is 11.5 Å². The smallest absolute Gasteiger partial charge is 0.347 e. The molecule has 0 bridgehead atoms. The van der Waals surface area contributed by atoms with Crippen molar-refractivity contribution in [2.24, 2.45) is 0 Å². The Balaban J connectivity index is 1.28. The monoisotopic (exact) mass is 480 g/mol. The van der Waals surface area contributed by atoms with Crippen molar-refractivity contribution in [3.05, 3.63) is 77.5 Å². The van der Waals surface area contributed by atoms with Crippen LogP contribution in [0.2, 0.25) is 5.02 Å². The molecule has 6 nitrogen and oxygen atoms in total. The van der Waals surface area contributed by atoms with Crippen molar-refractivity contribution >= 4 is 45.7 Å². The summed E-state index contributed by atoms with van der Waals surface area (Å²) in [7, 11) is 0. The zero-order valence-corrected chi connectivity index (χ0v) is 19.4. The normalized spacial score (nSPS) is 14.0. The number of aromatic nitrogens is 2. The highest BCUT2D eigenvalue weighted by atomic mass is 35.5. The van der Waals surface area contributed by atoms with Crippen molar-refractivity contribution < 1.29 is 19.0 Å². The Morgan fingerprint density at radius 1 is 1.15 bits per heavy atom. The second-order valence-corrected chi connectivity index (χ2v) is 8.27. The average Bonchev–Trinajstić information content (AvgIpc) is 2.81. The number of esters is 1. The number of ether oxygens (including phenoxy) is 3. The van der Waals surface area contributed by atoms with E-state index in [1.165, 1.54) is 6.20 Å². The minimum Gasteiger partial charge on any atom is -0.479 e. The van der Waals surface area contributed by atoms with Crippen molar-refractivity contribution in [1.29, 1.82) is 0 Å². The first-order valence-corrected chi connectivity index (χ1v) is 11.2. The van der Waals surface area contributed by atoms with Crippen LogP contribution in [0.4, 0.5) is 0 Å². The fraction of sp³-hybridized carbons (Fsp3) is 0.200. The lowest BCUT2D eigenvalue weighted by Gasteiger charge is -2.15. The van der Waals surface area contributed by atoms with Gasteiger partial charge in [0.2, 0.25) is 5.88 Å². The third-order valence-electron chi connectivity index (χ3n) is 4.88. The Hall–Kier alpha value is -3.29. The predicted molar refractivity (Wildman–Crippen MR) is 131 cm³/mol. The highest BCUT2D eigenvalue weighted by Crippen LogP contribution is 2.25. The van der Waals surface area contributed by atoms with Crippen LogP contribution in [0.15, 0.2) is 72.5 Å².